The van der Waals surface area contributed by atoms with Gasteiger partial charge in [0.1, 0.15) is 0 Å². The minimum Gasteiger partial charge on any atom is -0.381 e. The molecule has 4 nitrogen and oxygen atoms in total. The molecule has 1 aliphatic heterocycles. The van der Waals surface area contributed by atoms with Crippen LogP contribution in [0, 0.1) is 12.8 Å². The Bertz CT molecular complexity index is 548. The summed E-state index contributed by atoms with van der Waals surface area (Å²) in [6.45, 7) is 13.2. The SMILES string of the molecule is CCNC(=NCC(C)(C)c1cccc(C)c1)N(C)CC1CCOC1. The van der Waals surface area contributed by atoms with Crippen LogP contribution in [0.15, 0.2) is 29.3 Å². The van der Waals surface area contributed by atoms with Crippen LogP contribution in [-0.2, 0) is 10.2 Å². The topological polar surface area (TPSA) is 36.9 Å². The van der Waals surface area contributed by atoms with Crippen LogP contribution in [0.4, 0.5) is 0 Å². The molecule has 0 radical (unpaired) electrons. The molecular formula is C20H33N3O. The van der Waals surface area contributed by atoms with Gasteiger partial charge in [0.05, 0.1) is 13.2 Å². The van der Waals surface area contributed by atoms with Crippen LogP contribution in [0.5, 0.6) is 0 Å². The standard InChI is InChI=1S/C20H33N3O/c1-6-21-19(23(5)13-17-10-11-24-14-17)22-15-20(3,4)18-9-7-8-16(2)12-18/h7-9,12,17H,6,10-11,13-15H2,1-5H3,(H,21,22). The summed E-state index contributed by atoms with van der Waals surface area (Å²) in [5.74, 6) is 1.61. The van der Waals surface area contributed by atoms with E-state index >= 15 is 0 Å². The number of aryl methyl sites for hydroxylation is 1. The average molecular weight is 332 g/mol. The quantitative estimate of drug-likeness (QED) is 0.642. The summed E-state index contributed by atoms with van der Waals surface area (Å²) in [7, 11) is 2.12. The van der Waals surface area contributed by atoms with E-state index in [4.69, 9.17) is 9.73 Å². The minimum atomic E-state index is 0.0179. The molecular weight excluding hydrogens is 298 g/mol. The predicted octanol–water partition coefficient (Wildman–Crippen LogP) is 3.21. The summed E-state index contributed by atoms with van der Waals surface area (Å²) in [6.07, 6.45) is 1.15. The maximum absolute atomic E-state index is 5.49. The summed E-state index contributed by atoms with van der Waals surface area (Å²) in [4.78, 5) is 7.17. The first-order valence-electron chi connectivity index (χ1n) is 9.06. The van der Waals surface area contributed by atoms with Crippen LogP contribution in [0.3, 0.4) is 0 Å². The van der Waals surface area contributed by atoms with Crippen LogP contribution in [0.1, 0.15) is 38.3 Å². The molecule has 1 atom stereocenters. The Morgan fingerprint density at radius 3 is 2.83 bits per heavy atom. The van der Waals surface area contributed by atoms with E-state index in [2.05, 4.69) is 69.2 Å². The van der Waals surface area contributed by atoms with Gasteiger partial charge in [-0.15, -0.1) is 0 Å². The van der Waals surface area contributed by atoms with Crippen molar-refractivity contribution in [2.45, 2.75) is 39.5 Å². The lowest BCUT2D eigenvalue weighted by atomic mass is 9.84. The fraction of sp³-hybridized carbons (Fsp3) is 0.650. The van der Waals surface area contributed by atoms with Crippen LogP contribution in [-0.4, -0.2) is 50.8 Å². The van der Waals surface area contributed by atoms with E-state index in [0.29, 0.717) is 5.92 Å². The van der Waals surface area contributed by atoms with E-state index in [0.717, 1.165) is 45.2 Å². The maximum atomic E-state index is 5.49. The first kappa shape index (κ1) is 18.8. The van der Waals surface area contributed by atoms with E-state index in [1.807, 2.05) is 0 Å². The first-order chi connectivity index (χ1) is 11.4. The number of ether oxygens (including phenoxy) is 1. The lowest BCUT2D eigenvalue weighted by molar-refractivity contribution is 0.181. The molecule has 24 heavy (non-hydrogen) atoms. The highest BCUT2D eigenvalue weighted by Crippen LogP contribution is 2.24. The van der Waals surface area contributed by atoms with Crippen molar-refractivity contribution >= 4 is 5.96 Å². The number of hydrogen-bond acceptors (Lipinski definition) is 2. The smallest absolute Gasteiger partial charge is 0.193 e. The Morgan fingerprint density at radius 1 is 1.42 bits per heavy atom. The van der Waals surface area contributed by atoms with Crippen molar-refractivity contribution in [3.05, 3.63) is 35.4 Å². The molecule has 4 heteroatoms. The van der Waals surface area contributed by atoms with Gasteiger partial charge in [-0.05, 0) is 25.8 Å². The molecule has 0 bridgehead atoms. The van der Waals surface area contributed by atoms with E-state index in [-0.39, 0.29) is 5.41 Å². The monoisotopic (exact) mass is 331 g/mol. The molecule has 1 aromatic carbocycles. The molecule has 1 heterocycles. The number of nitrogens with zero attached hydrogens (tertiary/aromatic N) is 2. The molecule has 0 aliphatic carbocycles. The molecule has 1 aliphatic rings. The second kappa shape index (κ2) is 8.52. The zero-order valence-electron chi connectivity index (χ0n) is 15.9. The number of guanidine groups is 1. The highest BCUT2D eigenvalue weighted by molar-refractivity contribution is 5.79. The van der Waals surface area contributed by atoms with E-state index in [1.54, 1.807) is 0 Å². The van der Waals surface area contributed by atoms with Crippen LogP contribution >= 0.6 is 0 Å². The van der Waals surface area contributed by atoms with Gasteiger partial charge >= 0.3 is 0 Å². The van der Waals surface area contributed by atoms with Crippen molar-refractivity contribution in [2.24, 2.45) is 10.9 Å². The summed E-state index contributed by atoms with van der Waals surface area (Å²) >= 11 is 0. The Hall–Kier alpha value is -1.55. The van der Waals surface area contributed by atoms with Gasteiger partial charge in [0.15, 0.2) is 5.96 Å². The zero-order valence-corrected chi connectivity index (χ0v) is 15.9. The molecule has 0 aromatic heterocycles. The average Bonchev–Trinajstić information content (AvgIpc) is 3.04. The van der Waals surface area contributed by atoms with Crippen molar-refractivity contribution in [3.63, 3.8) is 0 Å². The Balaban J connectivity index is 2.05. The first-order valence-corrected chi connectivity index (χ1v) is 9.06. The molecule has 1 fully saturated rings. The fourth-order valence-electron chi connectivity index (χ4n) is 3.10. The van der Waals surface area contributed by atoms with E-state index in [1.165, 1.54) is 11.1 Å². The molecule has 2 rings (SSSR count). The van der Waals surface area contributed by atoms with Crippen LogP contribution in [0.2, 0.25) is 0 Å². The van der Waals surface area contributed by atoms with E-state index in [9.17, 15) is 0 Å². The number of benzene rings is 1. The third-order valence-electron chi connectivity index (χ3n) is 4.68. The molecule has 1 N–H and O–H groups in total. The van der Waals surface area contributed by atoms with Crippen molar-refractivity contribution in [3.8, 4) is 0 Å². The lowest BCUT2D eigenvalue weighted by Crippen LogP contribution is -2.42. The van der Waals surface area contributed by atoms with Crippen molar-refractivity contribution in [1.29, 1.82) is 0 Å². The lowest BCUT2D eigenvalue weighted by Gasteiger charge is -2.28. The second-order valence-electron chi connectivity index (χ2n) is 7.53. The molecule has 0 amide bonds. The summed E-state index contributed by atoms with van der Waals surface area (Å²) in [6, 6.07) is 8.75. The normalized spacial score (nSPS) is 18.7. The third kappa shape index (κ3) is 5.23. The molecule has 0 saturated carbocycles. The van der Waals surface area contributed by atoms with Gasteiger partial charge in [-0.1, -0.05) is 43.7 Å². The predicted molar refractivity (Wildman–Crippen MR) is 102 cm³/mol. The van der Waals surface area contributed by atoms with Crippen LogP contribution < -0.4 is 5.32 Å². The van der Waals surface area contributed by atoms with Crippen LogP contribution in [0.25, 0.3) is 0 Å². The maximum Gasteiger partial charge on any atom is 0.193 e. The third-order valence-corrected chi connectivity index (χ3v) is 4.68. The molecule has 1 saturated heterocycles. The Kier molecular flexibility index (Phi) is 6.67. The number of hydrogen-bond donors (Lipinski definition) is 1. The van der Waals surface area contributed by atoms with E-state index < -0.39 is 0 Å². The van der Waals surface area contributed by atoms with Gasteiger partial charge in [-0.3, -0.25) is 4.99 Å². The number of rotatable bonds is 6. The number of nitrogens with one attached hydrogen (secondary N) is 1. The molecule has 1 aromatic rings. The zero-order chi connectivity index (χ0) is 17.6. The van der Waals surface area contributed by atoms with Crippen molar-refractivity contribution in [1.82, 2.24) is 10.2 Å². The van der Waals surface area contributed by atoms with Gasteiger partial charge in [0, 0.05) is 38.1 Å². The summed E-state index contributed by atoms with van der Waals surface area (Å²) < 4.78 is 5.49. The minimum absolute atomic E-state index is 0.0179. The largest absolute Gasteiger partial charge is 0.381 e. The highest BCUT2D eigenvalue weighted by atomic mass is 16.5. The second-order valence-corrected chi connectivity index (χ2v) is 7.53. The van der Waals surface area contributed by atoms with Gasteiger partial charge < -0.3 is 15.0 Å². The van der Waals surface area contributed by atoms with Gasteiger partial charge in [0.2, 0.25) is 0 Å². The van der Waals surface area contributed by atoms with Crippen molar-refractivity contribution in [2.75, 3.05) is 39.9 Å². The van der Waals surface area contributed by atoms with Gasteiger partial charge in [-0.2, -0.15) is 0 Å². The molecule has 0 spiro atoms. The van der Waals surface area contributed by atoms with Crippen molar-refractivity contribution < 1.29 is 4.74 Å². The van der Waals surface area contributed by atoms with Gasteiger partial charge in [0.25, 0.3) is 0 Å². The number of aliphatic imine (C=N–C) groups is 1. The molecule has 1 unspecified atom stereocenters. The molecule has 134 valence electrons. The fourth-order valence-corrected chi connectivity index (χ4v) is 3.10. The highest BCUT2D eigenvalue weighted by Gasteiger charge is 2.22. The Morgan fingerprint density at radius 2 is 2.21 bits per heavy atom. The van der Waals surface area contributed by atoms with Gasteiger partial charge in [-0.25, -0.2) is 0 Å². The summed E-state index contributed by atoms with van der Waals surface area (Å²) in [5.41, 5.74) is 2.66. The summed E-state index contributed by atoms with van der Waals surface area (Å²) in [5, 5.41) is 3.43. The Labute approximate surface area is 147 Å².